The highest BCUT2D eigenvalue weighted by Crippen LogP contribution is 2.45. The number of methoxy groups -OCH3 is 1. The fraction of sp³-hybridized carbons (Fsp3) is 0.556. The van der Waals surface area contributed by atoms with E-state index in [2.05, 4.69) is 0 Å². The molecule has 1 N–H and O–H groups in total. The van der Waals surface area contributed by atoms with Gasteiger partial charge in [0.25, 0.3) is 0 Å². The lowest BCUT2D eigenvalue weighted by atomic mass is 9.72. The molecule has 6 nitrogen and oxygen atoms in total. The minimum atomic E-state index is -1.05. The summed E-state index contributed by atoms with van der Waals surface area (Å²) in [5, 5.41) is 10.7. The minimum absolute atomic E-state index is 0.0338. The van der Waals surface area contributed by atoms with Gasteiger partial charge in [0.05, 0.1) is 25.0 Å². The van der Waals surface area contributed by atoms with Gasteiger partial charge in [-0.25, -0.2) is 0 Å². The zero-order valence-electron chi connectivity index (χ0n) is 21.0. The van der Waals surface area contributed by atoms with Gasteiger partial charge in [-0.1, -0.05) is 56.4 Å². The summed E-state index contributed by atoms with van der Waals surface area (Å²) < 4.78 is 16.3. The zero-order chi connectivity index (χ0) is 25.0. The predicted octanol–water partition coefficient (Wildman–Crippen LogP) is 4.46. The molecule has 2 aliphatic heterocycles. The van der Waals surface area contributed by atoms with Gasteiger partial charge in [-0.05, 0) is 51.8 Å². The molecule has 33 heavy (non-hydrogen) atoms. The molecule has 7 atom stereocenters. The second kappa shape index (κ2) is 10.7. The Morgan fingerprint density at radius 3 is 2.42 bits per heavy atom. The van der Waals surface area contributed by atoms with Crippen molar-refractivity contribution in [2.75, 3.05) is 7.11 Å². The molecule has 0 amide bonds. The molecular formula is C27H38O6. The summed E-state index contributed by atoms with van der Waals surface area (Å²) in [4.78, 5) is 24.2. The van der Waals surface area contributed by atoms with Gasteiger partial charge in [-0.2, -0.15) is 0 Å². The standard InChI is InChI=1S/C27H38O6/c1-17(22-27(7,30)16-18(2)21(5)32-22)14-12-10-9-11-13-15-26(6)20(4)25(29)33-23(26)19(3)24(28)31-8/h9-16,19-23,30H,1-8H3. The molecule has 7 unspecified atom stereocenters. The molecule has 0 aromatic carbocycles. The fourth-order valence-electron chi connectivity index (χ4n) is 4.47. The number of hydrogen-bond donors (Lipinski definition) is 1. The molecule has 0 spiro atoms. The monoisotopic (exact) mass is 458 g/mol. The Hall–Kier alpha value is -2.44. The number of carbonyl (C=O) groups is 2. The Balaban J connectivity index is 2.06. The van der Waals surface area contributed by atoms with Gasteiger partial charge in [0.2, 0.25) is 0 Å². The Morgan fingerprint density at radius 1 is 1.18 bits per heavy atom. The van der Waals surface area contributed by atoms with Crippen molar-refractivity contribution in [1.29, 1.82) is 0 Å². The van der Waals surface area contributed by atoms with Gasteiger partial charge in [0.15, 0.2) is 0 Å². The Bertz CT molecular complexity index is 890. The van der Waals surface area contributed by atoms with Crippen LogP contribution in [0.25, 0.3) is 0 Å². The number of cyclic esters (lactones) is 1. The summed E-state index contributed by atoms with van der Waals surface area (Å²) in [5.74, 6) is -1.64. The third-order valence-electron chi connectivity index (χ3n) is 6.87. The molecule has 0 aromatic heterocycles. The van der Waals surface area contributed by atoms with E-state index in [1.807, 2.05) is 83.2 Å². The van der Waals surface area contributed by atoms with Gasteiger partial charge < -0.3 is 19.3 Å². The smallest absolute Gasteiger partial charge is 0.312 e. The van der Waals surface area contributed by atoms with Crippen LogP contribution in [0.1, 0.15) is 48.5 Å². The number of aliphatic hydroxyl groups is 1. The summed E-state index contributed by atoms with van der Waals surface area (Å²) >= 11 is 0. The van der Waals surface area contributed by atoms with Crippen molar-refractivity contribution in [2.45, 2.75) is 72.4 Å². The molecule has 6 heteroatoms. The van der Waals surface area contributed by atoms with Crippen LogP contribution >= 0.6 is 0 Å². The number of hydrogen-bond acceptors (Lipinski definition) is 6. The van der Waals surface area contributed by atoms with Crippen LogP contribution in [0.3, 0.4) is 0 Å². The molecule has 182 valence electrons. The average molecular weight is 459 g/mol. The predicted molar refractivity (Wildman–Crippen MR) is 128 cm³/mol. The third-order valence-corrected chi connectivity index (χ3v) is 6.87. The maximum atomic E-state index is 12.2. The fourth-order valence-corrected chi connectivity index (χ4v) is 4.47. The quantitative estimate of drug-likeness (QED) is 0.345. The van der Waals surface area contributed by atoms with E-state index in [0.29, 0.717) is 0 Å². The van der Waals surface area contributed by atoms with Crippen LogP contribution in [-0.4, -0.2) is 48.1 Å². The van der Waals surface area contributed by atoms with Crippen molar-refractivity contribution in [3.63, 3.8) is 0 Å². The summed E-state index contributed by atoms with van der Waals surface area (Å²) in [6.07, 6.45) is 14.1. The normalized spacial score (nSPS) is 36.5. The Kier molecular flexibility index (Phi) is 8.66. The Morgan fingerprint density at radius 2 is 1.79 bits per heavy atom. The number of allylic oxidation sites excluding steroid dienone is 6. The largest absolute Gasteiger partial charge is 0.469 e. The molecule has 0 aromatic rings. The van der Waals surface area contributed by atoms with Crippen LogP contribution in [0.15, 0.2) is 59.8 Å². The molecule has 2 heterocycles. The molecule has 2 aliphatic rings. The summed E-state index contributed by atoms with van der Waals surface area (Å²) in [7, 11) is 1.33. The minimum Gasteiger partial charge on any atom is -0.469 e. The zero-order valence-corrected chi connectivity index (χ0v) is 21.0. The van der Waals surface area contributed by atoms with Gasteiger partial charge in [-0.3, -0.25) is 9.59 Å². The molecule has 1 fully saturated rings. The van der Waals surface area contributed by atoms with Crippen LogP contribution in [0.5, 0.6) is 0 Å². The van der Waals surface area contributed by atoms with Gasteiger partial charge >= 0.3 is 11.9 Å². The van der Waals surface area contributed by atoms with Crippen molar-refractivity contribution in [1.82, 2.24) is 0 Å². The second-order valence-corrected chi connectivity index (χ2v) is 9.57. The number of esters is 2. The van der Waals surface area contributed by atoms with Crippen molar-refractivity contribution in [3.05, 3.63) is 59.8 Å². The lowest BCUT2D eigenvalue weighted by Gasteiger charge is -2.38. The summed E-state index contributed by atoms with van der Waals surface area (Å²) in [6.45, 7) is 13.1. The molecule has 0 saturated carbocycles. The van der Waals surface area contributed by atoms with E-state index in [0.717, 1.165) is 11.1 Å². The van der Waals surface area contributed by atoms with Gasteiger partial charge in [-0.15, -0.1) is 0 Å². The van der Waals surface area contributed by atoms with Crippen molar-refractivity contribution < 1.29 is 28.9 Å². The van der Waals surface area contributed by atoms with Crippen LogP contribution in [0.4, 0.5) is 0 Å². The van der Waals surface area contributed by atoms with E-state index in [1.165, 1.54) is 7.11 Å². The van der Waals surface area contributed by atoms with Crippen LogP contribution < -0.4 is 0 Å². The number of ether oxygens (including phenoxy) is 3. The first-order valence-corrected chi connectivity index (χ1v) is 11.4. The van der Waals surface area contributed by atoms with Gasteiger partial charge in [0.1, 0.15) is 17.8 Å². The second-order valence-electron chi connectivity index (χ2n) is 9.57. The average Bonchev–Trinajstić information content (AvgIpc) is 2.98. The number of carbonyl (C=O) groups excluding carboxylic acids is 2. The SMILES string of the molecule is COC(=O)C(C)C1OC(=O)C(C)C1(C)C=CC=CC=CC=C(C)C1OC(C)C(C)=CC1(C)O. The lowest BCUT2D eigenvalue weighted by molar-refractivity contribution is -0.155. The topological polar surface area (TPSA) is 82.1 Å². The first kappa shape index (κ1) is 26.8. The number of rotatable bonds is 7. The highest BCUT2D eigenvalue weighted by Gasteiger charge is 2.53. The van der Waals surface area contributed by atoms with E-state index < -0.39 is 35.1 Å². The van der Waals surface area contributed by atoms with Crippen molar-refractivity contribution in [3.8, 4) is 0 Å². The van der Waals surface area contributed by atoms with Gasteiger partial charge in [0, 0.05) is 5.41 Å². The maximum absolute atomic E-state index is 12.2. The van der Waals surface area contributed by atoms with Crippen LogP contribution in [0, 0.1) is 17.3 Å². The van der Waals surface area contributed by atoms with E-state index in [-0.39, 0.29) is 18.0 Å². The molecule has 2 rings (SSSR count). The van der Waals surface area contributed by atoms with Crippen molar-refractivity contribution >= 4 is 11.9 Å². The molecule has 1 saturated heterocycles. The molecular weight excluding hydrogens is 420 g/mol. The highest BCUT2D eigenvalue weighted by molar-refractivity contribution is 5.79. The summed E-state index contributed by atoms with van der Waals surface area (Å²) in [5.41, 5.74) is 0.281. The first-order valence-electron chi connectivity index (χ1n) is 11.4. The Labute approximate surface area is 197 Å². The highest BCUT2D eigenvalue weighted by atomic mass is 16.6. The maximum Gasteiger partial charge on any atom is 0.312 e. The lowest BCUT2D eigenvalue weighted by Crippen LogP contribution is -2.46. The van der Waals surface area contributed by atoms with Crippen LogP contribution in [-0.2, 0) is 23.8 Å². The molecule has 0 aliphatic carbocycles. The van der Waals surface area contributed by atoms with Crippen molar-refractivity contribution in [2.24, 2.45) is 17.3 Å². The summed E-state index contributed by atoms with van der Waals surface area (Å²) in [6, 6.07) is 0. The van der Waals surface area contributed by atoms with Crippen LogP contribution in [0.2, 0.25) is 0 Å². The van der Waals surface area contributed by atoms with E-state index in [1.54, 1.807) is 13.8 Å². The van der Waals surface area contributed by atoms with E-state index in [4.69, 9.17) is 14.2 Å². The van der Waals surface area contributed by atoms with E-state index >= 15 is 0 Å². The molecule has 0 bridgehead atoms. The first-order chi connectivity index (χ1) is 15.3. The third kappa shape index (κ3) is 5.92. The van der Waals surface area contributed by atoms with E-state index in [9.17, 15) is 14.7 Å². The molecule has 0 radical (unpaired) electrons.